The fourth-order valence-corrected chi connectivity index (χ4v) is 3.99. The Kier molecular flexibility index (Phi) is 10.2. The highest BCUT2D eigenvalue weighted by molar-refractivity contribution is 5.25. The molecule has 2 nitrogen and oxygen atoms in total. The number of rotatable bonds is 12. The van der Waals surface area contributed by atoms with E-state index in [1.54, 1.807) is 16.7 Å². The molecule has 0 saturated heterocycles. The van der Waals surface area contributed by atoms with Gasteiger partial charge in [0.05, 0.1) is 0 Å². The summed E-state index contributed by atoms with van der Waals surface area (Å²) in [5.41, 5.74) is 4.78. The van der Waals surface area contributed by atoms with E-state index in [2.05, 4.69) is 68.7 Å². The Morgan fingerprint density at radius 3 is 2.44 bits per heavy atom. The number of hydrogen-bond acceptors (Lipinski definition) is 2. The fraction of sp³-hybridized carbons (Fsp3) is 0.680. The molecule has 2 aliphatic rings. The topological polar surface area (TPSA) is 24.1 Å². The van der Waals surface area contributed by atoms with Crippen molar-refractivity contribution in [1.29, 1.82) is 0 Å². The van der Waals surface area contributed by atoms with Gasteiger partial charge in [-0.25, -0.2) is 0 Å². The van der Waals surface area contributed by atoms with Gasteiger partial charge in [0.25, 0.3) is 0 Å². The molecule has 0 bridgehead atoms. The van der Waals surface area contributed by atoms with Crippen LogP contribution in [-0.2, 0) is 0 Å². The first kappa shape index (κ1) is 22.2. The van der Waals surface area contributed by atoms with Crippen molar-refractivity contribution in [3.05, 3.63) is 47.1 Å². The molecule has 0 amide bonds. The van der Waals surface area contributed by atoms with Gasteiger partial charge in [-0.15, -0.1) is 0 Å². The molecular formula is C25H42N2. The molecule has 2 N–H and O–H groups in total. The first-order valence-corrected chi connectivity index (χ1v) is 11.2. The van der Waals surface area contributed by atoms with Crippen molar-refractivity contribution in [2.75, 3.05) is 19.6 Å². The molecule has 0 radical (unpaired) electrons. The van der Waals surface area contributed by atoms with Crippen molar-refractivity contribution in [2.45, 2.75) is 78.7 Å². The normalized spacial score (nSPS) is 18.5. The Balaban J connectivity index is 1.68. The smallest absolute Gasteiger partial charge is 0.0197 e. The van der Waals surface area contributed by atoms with Crippen LogP contribution in [0, 0.1) is 11.8 Å². The molecule has 0 saturated carbocycles. The predicted octanol–water partition coefficient (Wildman–Crippen LogP) is 5.94. The molecule has 2 heteroatoms. The number of allylic oxidation sites excluding steroid dienone is 7. The van der Waals surface area contributed by atoms with Gasteiger partial charge in [-0.2, -0.15) is 0 Å². The van der Waals surface area contributed by atoms with Crippen LogP contribution in [0.2, 0.25) is 0 Å². The van der Waals surface area contributed by atoms with Gasteiger partial charge < -0.3 is 10.6 Å². The minimum atomic E-state index is 0.568. The third-order valence-electron chi connectivity index (χ3n) is 5.73. The van der Waals surface area contributed by atoms with Crippen LogP contribution in [0.4, 0.5) is 0 Å². The SMILES string of the molecule is CC(C)CC(CNCCCC1=CC=CCC1)NCC1=CC=C(C(C)C)CC1. The van der Waals surface area contributed by atoms with E-state index < -0.39 is 0 Å². The average molecular weight is 371 g/mol. The minimum Gasteiger partial charge on any atom is -0.315 e. The summed E-state index contributed by atoms with van der Waals surface area (Å²) in [6.07, 6.45) is 20.2. The lowest BCUT2D eigenvalue weighted by Crippen LogP contribution is -2.40. The molecule has 2 aliphatic carbocycles. The maximum atomic E-state index is 3.82. The summed E-state index contributed by atoms with van der Waals surface area (Å²) in [7, 11) is 0. The second-order valence-corrected chi connectivity index (χ2v) is 9.03. The summed E-state index contributed by atoms with van der Waals surface area (Å²) < 4.78 is 0. The lowest BCUT2D eigenvalue weighted by Gasteiger charge is -2.24. The zero-order chi connectivity index (χ0) is 19.5. The third kappa shape index (κ3) is 9.08. The summed E-state index contributed by atoms with van der Waals surface area (Å²) in [5.74, 6) is 1.42. The molecule has 0 spiro atoms. The molecule has 2 rings (SSSR count). The maximum absolute atomic E-state index is 3.82. The van der Waals surface area contributed by atoms with E-state index in [9.17, 15) is 0 Å². The number of hydrogen-bond donors (Lipinski definition) is 2. The molecule has 1 atom stereocenters. The second kappa shape index (κ2) is 12.4. The highest BCUT2D eigenvalue weighted by Crippen LogP contribution is 2.23. The van der Waals surface area contributed by atoms with Crippen LogP contribution in [0.15, 0.2) is 47.1 Å². The highest BCUT2D eigenvalue weighted by Gasteiger charge is 2.13. The van der Waals surface area contributed by atoms with Crippen molar-refractivity contribution in [3.63, 3.8) is 0 Å². The van der Waals surface area contributed by atoms with Crippen LogP contribution < -0.4 is 10.6 Å². The van der Waals surface area contributed by atoms with Gasteiger partial charge in [-0.05, 0) is 63.3 Å². The largest absolute Gasteiger partial charge is 0.315 e. The highest BCUT2D eigenvalue weighted by atomic mass is 15.0. The van der Waals surface area contributed by atoms with E-state index in [0.29, 0.717) is 12.0 Å². The van der Waals surface area contributed by atoms with Crippen molar-refractivity contribution in [2.24, 2.45) is 11.8 Å². The molecular weight excluding hydrogens is 328 g/mol. The lowest BCUT2D eigenvalue weighted by atomic mass is 9.91. The molecule has 0 aliphatic heterocycles. The molecule has 0 aromatic carbocycles. The Morgan fingerprint density at radius 1 is 0.963 bits per heavy atom. The van der Waals surface area contributed by atoms with E-state index in [0.717, 1.165) is 25.6 Å². The molecule has 0 fully saturated rings. The Labute approximate surface area is 168 Å². The summed E-state index contributed by atoms with van der Waals surface area (Å²) in [4.78, 5) is 0. The lowest BCUT2D eigenvalue weighted by molar-refractivity contribution is 0.405. The molecule has 0 heterocycles. The van der Waals surface area contributed by atoms with Crippen LogP contribution >= 0.6 is 0 Å². The monoisotopic (exact) mass is 370 g/mol. The van der Waals surface area contributed by atoms with E-state index in [1.807, 2.05) is 0 Å². The van der Waals surface area contributed by atoms with Crippen molar-refractivity contribution in [3.8, 4) is 0 Å². The van der Waals surface area contributed by atoms with Gasteiger partial charge in [-0.3, -0.25) is 0 Å². The quantitative estimate of drug-likeness (QED) is 0.415. The van der Waals surface area contributed by atoms with Crippen molar-refractivity contribution < 1.29 is 0 Å². The summed E-state index contributed by atoms with van der Waals surface area (Å²) in [5, 5.41) is 7.53. The Morgan fingerprint density at radius 2 is 1.81 bits per heavy atom. The van der Waals surface area contributed by atoms with Crippen LogP contribution in [0.25, 0.3) is 0 Å². The first-order chi connectivity index (χ1) is 13.0. The summed E-state index contributed by atoms with van der Waals surface area (Å²) in [6.45, 7) is 12.5. The van der Waals surface area contributed by atoms with Crippen LogP contribution in [-0.4, -0.2) is 25.7 Å². The van der Waals surface area contributed by atoms with E-state index >= 15 is 0 Å². The standard InChI is InChI=1S/C25H42N2/c1-20(2)17-25(19-26-16-8-11-22-9-6-5-7-10-22)27-18-23-12-14-24(15-13-23)21(3)4/h5-6,9,12,14,20-21,25-27H,7-8,10-11,13,15-19H2,1-4H3. The maximum Gasteiger partial charge on any atom is 0.0197 e. The van der Waals surface area contributed by atoms with Crippen molar-refractivity contribution >= 4 is 0 Å². The first-order valence-electron chi connectivity index (χ1n) is 11.2. The van der Waals surface area contributed by atoms with Gasteiger partial charge in [0.2, 0.25) is 0 Å². The zero-order valence-electron chi connectivity index (χ0n) is 18.2. The van der Waals surface area contributed by atoms with E-state index in [4.69, 9.17) is 0 Å². The molecule has 27 heavy (non-hydrogen) atoms. The second-order valence-electron chi connectivity index (χ2n) is 9.03. The average Bonchev–Trinajstić information content (AvgIpc) is 2.66. The molecule has 152 valence electrons. The van der Waals surface area contributed by atoms with Gasteiger partial charge >= 0.3 is 0 Å². The van der Waals surface area contributed by atoms with Gasteiger partial charge in [0, 0.05) is 19.1 Å². The van der Waals surface area contributed by atoms with E-state index in [1.165, 1.54) is 44.9 Å². The molecule has 1 unspecified atom stereocenters. The van der Waals surface area contributed by atoms with Gasteiger partial charge in [0.15, 0.2) is 0 Å². The minimum absolute atomic E-state index is 0.568. The Hall–Kier alpha value is -1.12. The van der Waals surface area contributed by atoms with Crippen molar-refractivity contribution in [1.82, 2.24) is 10.6 Å². The predicted molar refractivity (Wildman–Crippen MR) is 120 cm³/mol. The Bertz CT molecular complexity index is 549. The number of nitrogens with one attached hydrogen (secondary N) is 2. The van der Waals surface area contributed by atoms with Crippen LogP contribution in [0.1, 0.15) is 72.6 Å². The fourth-order valence-electron chi connectivity index (χ4n) is 3.99. The molecule has 0 aromatic heterocycles. The van der Waals surface area contributed by atoms with Crippen LogP contribution in [0.5, 0.6) is 0 Å². The third-order valence-corrected chi connectivity index (χ3v) is 5.73. The van der Waals surface area contributed by atoms with Crippen LogP contribution in [0.3, 0.4) is 0 Å². The summed E-state index contributed by atoms with van der Waals surface area (Å²) in [6, 6.07) is 0.568. The molecule has 0 aromatic rings. The van der Waals surface area contributed by atoms with Gasteiger partial charge in [0.1, 0.15) is 0 Å². The summed E-state index contributed by atoms with van der Waals surface area (Å²) >= 11 is 0. The van der Waals surface area contributed by atoms with E-state index in [-0.39, 0.29) is 0 Å². The van der Waals surface area contributed by atoms with Gasteiger partial charge in [-0.1, -0.05) is 74.8 Å². The zero-order valence-corrected chi connectivity index (χ0v) is 18.2.